The number of rotatable bonds is 10. The summed E-state index contributed by atoms with van der Waals surface area (Å²) >= 11 is 6.26. The largest absolute Gasteiger partial charge is 0.352 e. The summed E-state index contributed by atoms with van der Waals surface area (Å²) in [5.41, 5.74) is 1.25. The molecule has 2 amide bonds. The molecule has 9 heteroatoms. The summed E-state index contributed by atoms with van der Waals surface area (Å²) in [4.78, 5) is 28.1. The van der Waals surface area contributed by atoms with Gasteiger partial charge in [0.25, 0.3) is 0 Å². The maximum absolute atomic E-state index is 13.5. The number of hydrogen-bond donors (Lipinski definition) is 1. The van der Waals surface area contributed by atoms with Crippen LogP contribution in [0.3, 0.4) is 0 Å². The predicted octanol–water partition coefficient (Wildman–Crippen LogP) is 4.01. The third-order valence-corrected chi connectivity index (χ3v) is 7.85. The van der Waals surface area contributed by atoms with Gasteiger partial charge in [0.2, 0.25) is 21.8 Å². The number of amides is 2. The Balaban J connectivity index is 1.82. The van der Waals surface area contributed by atoms with Gasteiger partial charge in [-0.1, -0.05) is 73.3 Å². The van der Waals surface area contributed by atoms with E-state index in [1.807, 2.05) is 30.3 Å². The average Bonchev–Trinajstić information content (AvgIpc) is 2.83. The van der Waals surface area contributed by atoms with E-state index in [9.17, 15) is 18.0 Å². The number of benzene rings is 2. The lowest BCUT2D eigenvalue weighted by Gasteiger charge is -2.33. The molecule has 1 aliphatic carbocycles. The third kappa shape index (κ3) is 7.70. The zero-order chi connectivity index (χ0) is 25.4. The van der Waals surface area contributed by atoms with Crippen LogP contribution < -0.4 is 9.62 Å². The van der Waals surface area contributed by atoms with Gasteiger partial charge in [0.15, 0.2) is 0 Å². The van der Waals surface area contributed by atoms with E-state index >= 15 is 0 Å². The Kier molecular flexibility index (Phi) is 9.57. The summed E-state index contributed by atoms with van der Waals surface area (Å²) in [5, 5.41) is 3.32. The second-order valence-corrected chi connectivity index (χ2v) is 11.4. The summed E-state index contributed by atoms with van der Waals surface area (Å²) in [6, 6.07) is 15.5. The minimum Gasteiger partial charge on any atom is -0.352 e. The normalized spacial score (nSPS) is 15.3. The number of hydrogen-bond acceptors (Lipinski definition) is 4. The van der Waals surface area contributed by atoms with Crippen LogP contribution in [0.1, 0.15) is 44.6 Å². The van der Waals surface area contributed by atoms with Gasteiger partial charge in [0.1, 0.15) is 12.6 Å². The molecular weight excluding hydrogens is 486 g/mol. The highest BCUT2D eigenvalue weighted by molar-refractivity contribution is 7.92. The first kappa shape index (κ1) is 27.0. The molecular formula is C26H34ClN3O4S. The molecule has 0 aromatic heterocycles. The Morgan fingerprint density at radius 1 is 1.03 bits per heavy atom. The second kappa shape index (κ2) is 12.4. The Morgan fingerprint density at radius 2 is 1.66 bits per heavy atom. The van der Waals surface area contributed by atoms with Gasteiger partial charge in [-0.2, -0.15) is 0 Å². The first-order chi connectivity index (χ1) is 16.7. The molecule has 1 saturated carbocycles. The van der Waals surface area contributed by atoms with Crippen LogP contribution in [0.25, 0.3) is 0 Å². The fourth-order valence-corrected chi connectivity index (χ4v) is 5.54. The molecule has 0 unspecified atom stereocenters. The van der Waals surface area contributed by atoms with Gasteiger partial charge in [-0.05, 0) is 43.9 Å². The summed E-state index contributed by atoms with van der Waals surface area (Å²) in [6.07, 6.45) is 6.78. The van der Waals surface area contributed by atoms with Gasteiger partial charge in [-0.15, -0.1) is 0 Å². The maximum Gasteiger partial charge on any atom is 0.244 e. The van der Waals surface area contributed by atoms with E-state index in [1.165, 1.54) is 11.3 Å². The van der Waals surface area contributed by atoms with Gasteiger partial charge < -0.3 is 10.2 Å². The number of sulfonamides is 1. The van der Waals surface area contributed by atoms with Crippen LogP contribution in [0, 0.1) is 0 Å². The number of halogens is 1. The molecule has 1 atom stereocenters. The lowest BCUT2D eigenvalue weighted by Crippen LogP contribution is -2.53. The van der Waals surface area contributed by atoms with Gasteiger partial charge in [0, 0.05) is 12.6 Å². The smallest absolute Gasteiger partial charge is 0.244 e. The molecule has 0 heterocycles. The molecule has 2 aromatic carbocycles. The van der Waals surface area contributed by atoms with E-state index in [4.69, 9.17) is 11.6 Å². The van der Waals surface area contributed by atoms with Gasteiger partial charge in [0.05, 0.1) is 17.0 Å². The van der Waals surface area contributed by atoms with Crippen LogP contribution in [0.15, 0.2) is 54.6 Å². The van der Waals surface area contributed by atoms with Crippen molar-refractivity contribution in [3.05, 3.63) is 65.2 Å². The number of nitrogens with zero attached hydrogens (tertiary/aromatic N) is 2. The number of para-hydroxylation sites is 1. The monoisotopic (exact) mass is 519 g/mol. The highest BCUT2D eigenvalue weighted by Gasteiger charge is 2.31. The average molecular weight is 520 g/mol. The Bertz CT molecular complexity index is 1100. The number of nitrogens with one attached hydrogen (secondary N) is 1. The lowest BCUT2D eigenvalue weighted by molar-refractivity contribution is -0.139. The Labute approximate surface area is 213 Å². The fourth-order valence-electron chi connectivity index (χ4n) is 4.39. The first-order valence-electron chi connectivity index (χ1n) is 12.0. The minimum absolute atomic E-state index is 0.111. The van der Waals surface area contributed by atoms with E-state index in [1.54, 1.807) is 31.2 Å². The van der Waals surface area contributed by atoms with Crippen molar-refractivity contribution in [1.82, 2.24) is 10.2 Å². The van der Waals surface area contributed by atoms with Gasteiger partial charge in [-0.25, -0.2) is 8.42 Å². The van der Waals surface area contributed by atoms with Crippen molar-refractivity contribution in [3.8, 4) is 0 Å². The van der Waals surface area contributed by atoms with Crippen molar-refractivity contribution in [2.75, 3.05) is 23.7 Å². The van der Waals surface area contributed by atoms with Gasteiger partial charge in [-0.3, -0.25) is 13.9 Å². The fraction of sp³-hybridized carbons (Fsp3) is 0.462. The highest BCUT2D eigenvalue weighted by Crippen LogP contribution is 2.27. The van der Waals surface area contributed by atoms with Crippen LogP contribution in [-0.4, -0.2) is 56.6 Å². The second-order valence-electron chi connectivity index (χ2n) is 9.06. The van der Waals surface area contributed by atoms with Crippen molar-refractivity contribution in [2.24, 2.45) is 0 Å². The van der Waals surface area contributed by atoms with E-state index in [-0.39, 0.29) is 29.2 Å². The molecule has 0 spiro atoms. The topological polar surface area (TPSA) is 86.8 Å². The maximum atomic E-state index is 13.5. The van der Waals surface area contributed by atoms with Crippen LogP contribution >= 0.6 is 11.6 Å². The van der Waals surface area contributed by atoms with E-state index in [2.05, 4.69) is 5.32 Å². The number of anilines is 1. The molecule has 1 fully saturated rings. The lowest BCUT2D eigenvalue weighted by atomic mass is 9.95. The standard InChI is InChI=1S/C26H34ClN3O4S/c1-20(26(32)28-22-13-7-4-8-14-22)29(18-17-21-11-5-3-6-12-21)25(31)19-30(35(2,33)34)24-16-10-9-15-23(24)27/h3,5-6,9-12,15-16,20,22H,4,7-8,13-14,17-19H2,1-2H3,(H,28,32)/t20-/m1/s1. The Hall–Kier alpha value is -2.58. The van der Waals surface area contributed by atoms with Crippen LogP contribution in [-0.2, 0) is 26.0 Å². The number of carbonyl (C=O) groups excluding carboxylic acids is 2. The highest BCUT2D eigenvalue weighted by atomic mass is 35.5. The molecule has 7 nitrogen and oxygen atoms in total. The molecule has 1 aliphatic rings. The SMILES string of the molecule is C[C@H](C(=O)NC1CCCCC1)N(CCc1ccccc1)C(=O)CN(c1ccccc1Cl)S(C)(=O)=O. The molecule has 2 aromatic rings. The molecule has 3 rings (SSSR count). The zero-order valence-corrected chi connectivity index (χ0v) is 21.9. The molecule has 1 N–H and O–H groups in total. The van der Waals surface area contributed by atoms with Crippen molar-refractivity contribution in [2.45, 2.75) is 57.5 Å². The van der Waals surface area contributed by atoms with E-state index < -0.39 is 28.5 Å². The number of carbonyl (C=O) groups is 2. The van der Waals surface area contributed by atoms with E-state index in [0.717, 1.165) is 41.8 Å². The van der Waals surface area contributed by atoms with Crippen LogP contribution in [0.5, 0.6) is 0 Å². The molecule has 190 valence electrons. The van der Waals surface area contributed by atoms with Crippen molar-refractivity contribution >= 4 is 39.1 Å². The van der Waals surface area contributed by atoms with Crippen molar-refractivity contribution < 1.29 is 18.0 Å². The molecule has 0 saturated heterocycles. The summed E-state index contributed by atoms with van der Waals surface area (Å²) in [7, 11) is -3.80. The van der Waals surface area contributed by atoms with Crippen molar-refractivity contribution in [1.29, 1.82) is 0 Å². The summed E-state index contributed by atoms with van der Waals surface area (Å²) in [6.45, 7) is 1.53. The van der Waals surface area contributed by atoms with Crippen molar-refractivity contribution in [3.63, 3.8) is 0 Å². The third-order valence-electron chi connectivity index (χ3n) is 6.40. The quantitative estimate of drug-likeness (QED) is 0.513. The minimum atomic E-state index is -3.80. The summed E-state index contributed by atoms with van der Waals surface area (Å²) < 4.78 is 26.2. The van der Waals surface area contributed by atoms with E-state index in [0.29, 0.717) is 6.42 Å². The Morgan fingerprint density at radius 3 is 2.29 bits per heavy atom. The van der Waals surface area contributed by atoms with Crippen LogP contribution in [0.2, 0.25) is 5.02 Å². The van der Waals surface area contributed by atoms with Gasteiger partial charge >= 0.3 is 0 Å². The molecule has 0 bridgehead atoms. The molecule has 0 radical (unpaired) electrons. The predicted molar refractivity (Wildman–Crippen MR) is 140 cm³/mol. The van der Waals surface area contributed by atoms with Crippen LogP contribution in [0.4, 0.5) is 5.69 Å². The molecule has 0 aliphatic heterocycles. The first-order valence-corrected chi connectivity index (χ1v) is 14.3. The summed E-state index contributed by atoms with van der Waals surface area (Å²) in [5.74, 6) is -0.681. The zero-order valence-electron chi connectivity index (χ0n) is 20.3. The molecule has 35 heavy (non-hydrogen) atoms.